The van der Waals surface area contributed by atoms with E-state index in [2.05, 4.69) is 12.3 Å². The minimum atomic E-state index is -2.95. The summed E-state index contributed by atoms with van der Waals surface area (Å²) in [5, 5.41) is 0. The van der Waals surface area contributed by atoms with E-state index in [1.807, 2.05) is 0 Å². The molecule has 4 nitrogen and oxygen atoms in total. The van der Waals surface area contributed by atoms with Crippen LogP contribution in [0.15, 0.2) is 0 Å². The van der Waals surface area contributed by atoms with Gasteiger partial charge in [0.1, 0.15) is 9.84 Å². The predicted octanol–water partition coefficient (Wildman–Crippen LogP) is 1.08. The second-order valence-electron chi connectivity index (χ2n) is 5.05. The number of hydrogen-bond acceptors (Lipinski definition) is 4. The van der Waals surface area contributed by atoms with E-state index in [1.54, 1.807) is 0 Å². The van der Waals surface area contributed by atoms with Gasteiger partial charge in [-0.25, -0.2) is 8.42 Å². The molecule has 1 aliphatic rings. The highest BCUT2D eigenvalue weighted by Crippen LogP contribution is 2.32. The Kier molecular flexibility index (Phi) is 5.21. The van der Waals surface area contributed by atoms with Crippen molar-refractivity contribution < 1.29 is 8.42 Å². The first-order valence-electron chi connectivity index (χ1n) is 6.10. The van der Waals surface area contributed by atoms with Gasteiger partial charge in [-0.2, -0.15) is 0 Å². The highest BCUT2D eigenvalue weighted by Gasteiger charge is 2.28. The van der Waals surface area contributed by atoms with Crippen molar-refractivity contribution in [3.63, 3.8) is 0 Å². The Labute approximate surface area is 98.9 Å². The fourth-order valence-electron chi connectivity index (χ4n) is 2.65. The van der Waals surface area contributed by atoms with Crippen molar-refractivity contribution >= 4 is 9.84 Å². The zero-order valence-electron chi connectivity index (χ0n) is 10.3. The van der Waals surface area contributed by atoms with Gasteiger partial charge in [-0.15, -0.1) is 0 Å². The first-order chi connectivity index (χ1) is 7.46. The zero-order valence-corrected chi connectivity index (χ0v) is 11.1. The molecule has 5 heteroatoms. The minimum Gasteiger partial charge on any atom is -0.271 e. The molecule has 1 fully saturated rings. The van der Waals surface area contributed by atoms with Crippen LogP contribution < -0.4 is 11.3 Å². The number of hydrazine groups is 1. The van der Waals surface area contributed by atoms with Gasteiger partial charge in [0, 0.05) is 12.3 Å². The molecule has 1 aliphatic carbocycles. The number of nitrogens with one attached hydrogen (secondary N) is 1. The standard InChI is InChI=1S/C11H24N2O2S/c1-3-9-4-6-10(7-5-9)11(13-12)8-16(2,14)15/h9-11,13H,3-8,12H2,1-2H3. The number of nitrogens with two attached hydrogens (primary N) is 1. The molecule has 0 aliphatic heterocycles. The Hall–Kier alpha value is -0.130. The molecule has 1 saturated carbocycles. The van der Waals surface area contributed by atoms with Crippen molar-refractivity contribution in [2.24, 2.45) is 17.7 Å². The fourth-order valence-corrected chi connectivity index (χ4v) is 3.67. The van der Waals surface area contributed by atoms with Crippen molar-refractivity contribution in [1.82, 2.24) is 5.43 Å². The van der Waals surface area contributed by atoms with Crippen molar-refractivity contribution in [3.8, 4) is 0 Å². The number of rotatable bonds is 5. The average Bonchev–Trinajstić information content (AvgIpc) is 2.25. The van der Waals surface area contributed by atoms with Crippen LogP contribution in [0.2, 0.25) is 0 Å². The summed E-state index contributed by atoms with van der Waals surface area (Å²) in [6.07, 6.45) is 7.13. The highest BCUT2D eigenvalue weighted by molar-refractivity contribution is 7.90. The van der Waals surface area contributed by atoms with E-state index in [1.165, 1.54) is 25.5 Å². The Balaban J connectivity index is 2.49. The lowest BCUT2D eigenvalue weighted by atomic mass is 9.78. The quantitative estimate of drug-likeness (QED) is 0.564. The van der Waals surface area contributed by atoms with Crippen molar-refractivity contribution in [2.45, 2.75) is 45.1 Å². The Morgan fingerprint density at radius 2 is 1.88 bits per heavy atom. The lowest BCUT2D eigenvalue weighted by Gasteiger charge is -2.32. The second-order valence-corrected chi connectivity index (χ2v) is 7.24. The third kappa shape index (κ3) is 4.39. The van der Waals surface area contributed by atoms with E-state index in [0.29, 0.717) is 5.92 Å². The summed E-state index contributed by atoms with van der Waals surface area (Å²) in [7, 11) is -2.95. The third-order valence-electron chi connectivity index (χ3n) is 3.73. The van der Waals surface area contributed by atoms with Crippen molar-refractivity contribution in [3.05, 3.63) is 0 Å². The molecule has 0 heterocycles. The minimum absolute atomic E-state index is 0.0761. The number of hydrogen-bond donors (Lipinski definition) is 2. The van der Waals surface area contributed by atoms with Gasteiger partial charge < -0.3 is 0 Å². The predicted molar refractivity (Wildman–Crippen MR) is 66.6 cm³/mol. The summed E-state index contributed by atoms with van der Waals surface area (Å²) < 4.78 is 22.5. The average molecular weight is 248 g/mol. The van der Waals surface area contributed by atoms with Gasteiger partial charge in [-0.3, -0.25) is 11.3 Å². The molecule has 1 unspecified atom stereocenters. The van der Waals surface area contributed by atoms with Crippen molar-refractivity contribution in [1.29, 1.82) is 0 Å². The van der Waals surface area contributed by atoms with Crippen LogP contribution >= 0.6 is 0 Å². The lowest BCUT2D eigenvalue weighted by Crippen LogP contribution is -2.46. The van der Waals surface area contributed by atoms with E-state index in [9.17, 15) is 8.42 Å². The second kappa shape index (κ2) is 5.98. The molecule has 16 heavy (non-hydrogen) atoms. The molecule has 0 spiro atoms. The molecular formula is C11H24N2O2S. The van der Waals surface area contributed by atoms with E-state index in [4.69, 9.17) is 5.84 Å². The molecule has 3 N–H and O–H groups in total. The molecular weight excluding hydrogens is 224 g/mol. The van der Waals surface area contributed by atoms with Gasteiger partial charge in [-0.1, -0.05) is 26.2 Å². The highest BCUT2D eigenvalue weighted by atomic mass is 32.2. The summed E-state index contributed by atoms with van der Waals surface area (Å²) in [6.45, 7) is 2.22. The molecule has 0 saturated heterocycles. The van der Waals surface area contributed by atoms with Gasteiger partial charge >= 0.3 is 0 Å². The largest absolute Gasteiger partial charge is 0.271 e. The van der Waals surface area contributed by atoms with Crippen LogP contribution in [0.4, 0.5) is 0 Å². The van der Waals surface area contributed by atoms with Crippen LogP contribution in [0.1, 0.15) is 39.0 Å². The number of sulfone groups is 1. The first-order valence-corrected chi connectivity index (χ1v) is 8.16. The fraction of sp³-hybridized carbons (Fsp3) is 1.00. The lowest BCUT2D eigenvalue weighted by molar-refractivity contribution is 0.227. The Bertz CT molecular complexity index is 295. The molecule has 0 radical (unpaired) electrons. The first kappa shape index (κ1) is 13.9. The van der Waals surface area contributed by atoms with Crippen LogP contribution in [-0.4, -0.2) is 26.5 Å². The molecule has 96 valence electrons. The molecule has 0 bridgehead atoms. The summed E-state index contributed by atoms with van der Waals surface area (Å²) in [5.74, 6) is 6.87. The molecule has 0 amide bonds. The van der Waals surface area contributed by atoms with Gasteiger partial charge in [0.25, 0.3) is 0 Å². The van der Waals surface area contributed by atoms with Crippen LogP contribution in [-0.2, 0) is 9.84 Å². The van der Waals surface area contributed by atoms with Gasteiger partial charge in [0.2, 0.25) is 0 Å². The van der Waals surface area contributed by atoms with Crippen LogP contribution in [0.3, 0.4) is 0 Å². The maximum Gasteiger partial charge on any atom is 0.149 e. The molecule has 0 aromatic carbocycles. The Morgan fingerprint density at radius 3 is 2.25 bits per heavy atom. The molecule has 1 rings (SSSR count). The van der Waals surface area contributed by atoms with E-state index >= 15 is 0 Å². The Morgan fingerprint density at radius 1 is 1.31 bits per heavy atom. The summed E-state index contributed by atoms with van der Waals surface area (Å²) in [6, 6.07) is -0.0761. The van der Waals surface area contributed by atoms with Crippen LogP contribution in [0.5, 0.6) is 0 Å². The van der Waals surface area contributed by atoms with Crippen LogP contribution in [0, 0.1) is 11.8 Å². The maximum atomic E-state index is 11.3. The topological polar surface area (TPSA) is 72.2 Å². The van der Waals surface area contributed by atoms with Gasteiger partial charge in [-0.05, 0) is 24.7 Å². The molecule has 1 atom stereocenters. The van der Waals surface area contributed by atoms with E-state index in [0.717, 1.165) is 18.8 Å². The third-order valence-corrected chi connectivity index (χ3v) is 4.70. The van der Waals surface area contributed by atoms with E-state index in [-0.39, 0.29) is 11.8 Å². The maximum absolute atomic E-state index is 11.3. The normalized spacial score (nSPS) is 28.9. The summed E-state index contributed by atoms with van der Waals surface area (Å²) in [4.78, 5) is 0. The molecule has 0 aromatic rings. The SMILES string of the molecule is CCC1CCC(C(CS(C)(=O)=O)NN)CC1. The summed E-state index contributed by atoms with van der Waals surface area (Å²) >= 11 is 0. The van der Waals surface area contributed by atoms with Gasteiger partial charge in [0.15, 0.2) is 0 Å². The van der Waals surface area contributed by atoms with E-state index < -0.39 is 9.84 Å². The molecule has 0 aromatic heterocycles. The smallest absolute Gasteiger partial charge is 0.149 e. The summed E-state index contributed by atoms with van der Waals surface area (Å²) in [5.41, 5.74) is 2.68. The van der Waals surface area contributed by atoms with Crippen LogP contribution in [0.25, 0.3) is 0 Å². The zero-order chi connectivity index (χ0) is 12.2. The van der Waals surface area contributed by atoms with Gasteiger partial charge in [0.05, 0.1) is 5.75 Å². The van der Waals surface area contributed by atoms with Crippen molar-refractivity contribution in [2.75, 3.05) is 12.0 Å². The monoisotopic (exact) mass is 248 g/mol.